The number of hydrogen-bond donors (Lipinski definition) is 1. The number of rotatable bonds is 4. The molecule has 7 heteroatoms. The van der Waals surface area contributed by atoms with Crippen LogP contribution < -0.4 is 5.32 Å². The third kappa shape index (κ3) is 4.57. The number of carbonyl (C=O) groups excluding carboxylic acids is 1. The van der Waals surface area contributed by atoms with E-state index in [2.05, 4.69) is 41.1 Å². The van der Waals surface area contributed by atoms with Gasteiger partial charge in [0.2, 0.25) is 0 Å². The molecule has 0 unspecified atom stereocenters. The van der Waals surface area contributed by atoms with Gasteiger partial charge in [-0.1, -0.05) is 18.2 Å². The number of aromatic nitrogens is 3. The molecule has 1 saturated heterocycles. The summed E-state index contributed by atoms with van der Waals surface area (Å²) in [4.78, 5) is 19.7. The van der Waals surface area contributed by atoms with Gasteiger partial charge in [-0.25, -0.2) is 9.67 Å². The predicted octanol–water partition coefficient (Wildman–Crippen LogP) is 3.99. The molecule has 3 aromatic rings. The number of amides is 1. The molecule has 0 aliphatic carbocycles. The van der Waals surface area contributed by atoms with Crippen molar-refractivity contribution in [2.45, 2.75) is 45.2 Å². The first-order valence-electron chi connectivity index (χ1n) is 10.0. The van der Waals surface area contributed by atoms with Crippen LogP contribution in [0, 0.1) is 0 Å². The lowest BCUT2D eigenvalue weighted by atomic mass is 9.98. The SMILES string of the molecule is CC(C)(C)N1CCC(NC(=O)c2csc(-c3cnn(-c4ccccc4)c3)n2)CC1. The first kappa shape index (κ1) is 19.8. The second-order valence-electron chi connectivity index (χ2n) is 8.45. The van der Waals surface area contributed by atoms with E-state index >= 15 is 0 Å². The number of para-hydroxylation sites is 1. The molecule has 152 valence electrons. The third-order valence-corrected chi connectivity index (χ3v) is 6.26. The summed E-state index contributed by atoms with van der Waals surface area (Å²) in [5.41, 5.74) is 2.57. The van der Waals surface area contributed by atoms with Crippen molar-refractivity contribution in [2.75, 3.05) is 13.1 Å². The fourth-order valence-corrected chi connectivity index (χ4v) is 4.40. The Balaban J connectivity index is 1.38. The Labute approximate surface area is 175 Å². The van der Waals surface area contributed by atoms with Crippen LogP contribution in [-0.4, -0.2) is 50.2 Å². The Morgan fingerprint density at radius 2 is 1.90 bits per heavy atom. The van der Waals surface area contributed by atoms with Gasteiger partial charge in [0, 0.05) is 41.8 Å². The standard InChI is InChI=1S/C22H27N5OS/c1-22(2,3)26-11-9-17(10-12-26)24-20(28)19-15-29-21(25-19)16-13-23-27(14-16)18-7-5-4-6-8-18/h4-8,13-15,17H,9-12H2,1-3H3,(H,24,28). The highest BCUT2D eigenvalue weighted by atomic mass is 32.1. The summed E-state index contributed by atoms with van der Waals surface area (Å²) in [7, 11) is 0. The molecular formula is C22H27N5OS. The molecule has 2 aromatic heterocycles. The van der Waals surface area contributed by atoms with Crippen LogP contribution >= 0.6 is 11.3 Å². The Kier molecular flexibility index (Phi) is 5.52. The first-order valence-corrected chi connectivity index (χ1v) is 10.9. The second-order valence-corrected chi connectivity index (χ2v) is 9.31. The molecular weight excluding hydrogens is 382 g/mol. The molecule has 1 aliphatic heterocycles. The van der Waals surface area contributed by atoms with Crippen LogP contribution in [0.15, 0.2) is 48.1 Å². The zero-order valence-corrected chi connectivity index (χ0v) is 17.9. The molecule has 4 rings (SSSR count). The van der Waals surface area contributed by atoms with Crippen LogP contribution in [0.1, 0.15) is 44.1 Å². The summed E-state index contributed by atoms with van der Waals surface area (Å²) in [5, 5.41) is 10.2. The molecule has 1 aromatic carbocycles. The van der Waals surface area contributed by atoms with E-state index < -0.39 is 0 Å². The third-order valence-electron chi connectivity index (χ3n) is 5.37. The topological polar surface area (TPSA) is 63.1 Å². The Bertz CT molecular complexity index is 965. The number of benzene rings is 1. The van der Waals surface area contributed by atoms with Crippen LogP contribution in [0.25, 0.3) is 16.3 Å². The van der Waals surface area contributed by atoms with Crippen molar-refractivity contribution in [1.29, 1.82) is 0 Å². The highest BCUT2D eigenvalue weighted by Gasteiger charge is 2.28. The molecule has 1 N–H and O–H groups in total. The number of nitrogens with one attached hydrogen (secondary N) is 1. The largest absolute Gasteiger partial charge is 0.348 e. The number of piperidine rings is 1. The van der Waals surface area contributed by atoms with Gasteiger partial charge >= 0.3 is 0 Å². The number of likely N-dealkylation sites (tertiary alicyclic amines) is 1. The maximum Gasteiger partial charge on any atom is 0.270 e. The summed E-state index contributed by atoms with van der Waals surface area (Å²) in [6, 6.07) is 10.2. The van der Waals surface area contributed by atoms with Gasteiger partial charge in [0.05, 0.1) is 11.9 Å². The van der Waals surface area contributed by atoms with Crippen molar-refractivity contribution in [3.8, 4) is 16.3 Å². The Morgan fingerprint density at radius 3 is 2.59 bits per heavy atom. The van der Waals surface area contributed by atoms with Gasteiger partial charge in [0.25, 0.3) is 5.91 Å². The summed E-state index contributed by atoms with van der Waals surface area (Å²) in [5.74, 6) is -0.0860. The van der Waals surface area contributed by atoms with E-state index in [1.54, 1.807) is 6.20 Å². The van der Waals surface area contributed by atoms with Gasteiger partial charge < -0.3 is 5.32 Å². The van der Waals surface area contributed by atoms with E-state index in [4.69, 9.17) is 0 Å². The van der Waals surface area contributed by atoms with Gasteiger partial charge in [0.1, 0.15) is 10.7 Å². The minimum Gasteiger partial charge on any atom is -0.348 e. The number of thiazole rings is 1. The van der Waals surface area contributed by atoms with Crippen molar-refractivity contribution in [3.63, 3.8) is 0 Å². The van der Waals surface area contributed by atoms with Crippen LogP contribution in [0.5, 0.6) is 0 Å². The second kappa shape index (κ2) is 8.08. The van der Waals surface area contributed by atoms with Gasteiger partial charge in [0.15, 0.2) is 0 Å². The van der Waals surface area contributed by atoms with Crippen molar-refractivity contribution in [2.24, 2.45) is 0 Å². The van der Waals surface area contributed by atoms with Gasteiger partial charge in [-0.15, -0.1) is 11.3 Å². The monoisotopic (exact) mass is 409 g/mol. The molecule has 0 spiro atoms. The fourth-order valence-electron chi connectivity index (χ4n) is 3.62. The highest BCUT2D eigenvalue weighted by Crippen LogP contribution is 2.25. The minimum atomic E-state index is -0.0860. The van der Waals surface area contributed by atoms with E-state index in [0.29, 0.717) is 5.69 Å². The normalized spacial score (nSPS) is 16.1. The maximum atomic E-state index is 12.7. The molecule has 3 heterocycles. The number of nitrogens with zero attached hydrogens (tertiary/aromatic N) is 4. The Morgan fingerprint density at radius 1 is 1.17 bits per heavy atom. The average molecular weight is 410 g/mol. The lowest BCUT2D eigenvalue weighted by Crippen LogP contribution is -2.50. The lowest BCUT2D eigenvalue weighted by Gasteiger charge is -2.40. The molecule has 6 nitrogen and oxygen atoms in total. The van der Waals surface area contributed by atoms with Crippen molar-refractivity contribution in [1.82, 2.24) is 25.0 Å². The van der Waals surface area contributed by atoms with E-state index in [1.807, 2.05) is 46.6 Å². The minimum absolute atomic E-state index is 0.0860. The lowest BCUT2D eigenvalue weighted by molar-refractivity contribution is 0.0809. The summed E-state index contributed by atoms with van der Waals surface area (Å²) in [6.07, 6.45) is 5.68. The molecule has 1 fully saturated rings. The molecule has 0 radical (unpaired) electrons. The smallest absolute Gasteiger partial charge is 0.270 e. The predicted molar refractivity (Wildman–Crippen MR) is 116 cm³/mol. The molecule has 1 aliphatic rings. The van der Waals surface area contributed by atoms with Crippen molar-refractivity contribution >= 4 is 17.2 Å². The quantitative estimate of drug-likeness (QED) is 0.708. The van der Waals surface area contributed by atoms with Crippen LogP contribution in [0.4, 0.5) is 0 Å². The molecule has 0 saturated carbocycles. The molecule has 0 bridgehead atoms. The molecule has 1 amide bonds. The number of hydrogen-bond acceptors (Lipinski definition) is 5. The molecule has 29 heavy (non-hydrogen) atoms. The van der Waals surface area contributed by atoms with Gasteiger partial charge in [-0.2, -0.15) is 5.10 Å². The fraction of sp³-hybridized carbons (Fsp3) is 0.409. The van der Waals surface area contributed by atoms with Crippen LogP contribution in [-0.2, 0) is 0 Å². The summed E-state index contributed by atoms with van der Waals surface area (Å²) >= 11 is 1.47. The van der Waals surface area contributed by atoms with Crippen molar-refractivity contribution in [3.05, 3.63) is 53.8 Å². The van der Waals surface area contributed by atoms with Gasteiger partial charge in [-0.05, 0) is 45.7 Å². The average Bonchev–Trinajstić information content (AvgIpc) is 3.38. The summed E-state index contributed by atoms with van der Waals surface area (Å²) < 4.78 is 1.82. The van der Waals surface area contributed by atoms with Gasteiger partial charge in [-0.3, -0.25) is 9.69 Å². The molecule has 0 atom stereocenters. The zero-order valence-electron chi connectivity index (χ0n) is 17.1. The van der Waals surface area contributed by atoms with E-state index in [-0.39, 0.29) is 17.5 Å². The Hall–Kier alpha value is -2.51. The maximum absolute atomic E-state index is 12.7. The van der Waals surface area contributed by atoms with E-state index in [9.17, 15) is 4.79 Å². The van der Waals surface area contributed by atoms with E-state index in [1.165, 1.54) is 11.3 Å². The zero-order chi connectivity index (χ0) is 20.4. The first-order chi connectivity index (χ1) is 13.9. The highest BCUT2D eigenvalue weighted by molar-refractivity contribution is 7.13. The van der Waals surface area contributed by atoms with Crippen LogP contribution in [0.3, 0.4) is 0 Å². The van der Waals surface area contributed by atoms with Crippen LogP contribution in [0.2, 0.25) is 0 Å². The van der Waals surface area contributed by atoms with E-state index in [0.717, 1.165) is 42.2 Å². The van der Waals surface area contributed by atoms with Crippen molar-refractivity contribution < 1.29 is 4.79 Å². The summed E-state index contributed by atoms with van der Waals surface area (Å²) in [6.45, 7) is 8.73. The number of carbonyl (C=O) groups is 1.